The van der Waals surface area contributed by atoms with Crippen molar-refractivity contribution in [3.05, 3.63) is 70.0 Å². The van der Waals surface area contributed by atoms with Gasteiger partial charge in [0.15, 0.2) is 0 Å². The highest BCUT2D eigenvalue weighted by molar-refractivity contribution is 5.93. The first-order valence-corrected chi connectivity index (χ1v) is 5.95. The first-order valence-electron chi connectivity index (χ1n) is 5.95. The molecule has 0 amide bonds. The van der Waals surface area contributed by atoms with Crippen LogP contribution in [-0.2, 0) is 4.74 Å². The van der Waals surface area contributed by atoms with E-state index in [0.717, 1.165) is 0 Å². The van der Waals surface area contributed by atoms with Crippen molar-refractivity contribution in [3.8, 4) is 0 Å². The molecular weight excluding hydrogens is 260 g/mol. The fraction of sp³-hybridized carbons (Fsp3) is 0.143. The SMILES string of the molecule is CC(OC(=O)c1ccccc1[N+](=O)[O-])c1ccccn1. The molecule has 102 valence electrons. The van der Waals surface area contributed by atoms with Gasteiger partial charge in [-0.3, -0.25) is 15.1 Å². The van der Waals surface area contributed by atoms with E-state index in [9.17, 15) is 14.9 Å². The number of esters is 1. The smallest absolute Gasteiger partial charge is 0.345 e. The molecule has 2 rings (SSSR count). The summed E-state index contributed by atoms with van der Waals surface area (Å²) in [5.74, 6) is -0.740. The molecule has 6 heteroatoms. The number of nitrogens with zero attached hydrogens (tertiary/aromatic N) is 2. The summed E-state index contributed by atoms with van der Waals surface area (Å²) in [5.41, 5.74) is 0.241. The number of nitro groups is 1. The summed E-state index contributed by atoms with van der Waals surface area (Å²) >= 11 is 0. The number of carbonyl (C=O) groups excluding carboxylic acids is 1. The average molecular weight is 272 g/mol. The van der Waals surface area contributed by atoms with Crippen LogP contribution in [0, 0.1) is 10.1 Å². The second-order valence-electron chi connectivity index (χ2n) is 4.08. The molecule has 0 aliphatic rings. The van der Waals surface area contributed by atoms with Crippen LogP contribution in [0.25, 0.3) is 0 Å². The van der Waals surface area contributed by atoms with Gasteiger partial charge in [-0.15, -0.1) is 0 Å². The zero-order valence-corrected chi connectivity index (χ0v) is 10.7. The normalized spacial score (nSPS) is 11.7. The molecule has 0 fully saturated rings. The maximum Gasteiger partial charge on any atom is 0.345 e. The molecule has 0 N–H and O–H groups in total. The highest BCUT2D eigenvalue weighted by Gasteiger charge is 2.22. The predicted molar refractivity (Wildman–Crippen MR) is 71.2 cm³/mol. The Labute approximate surface area is 115 Å². The monoisotopic (exact) mass is 272 g/mol. The molecule has 1 aromatic carbocycles. The number of rotatable bonds is 4. The van der Waals surface area contributed by atoms with Gasteiger partial charge >= 0.3 is 5.97 Å². The summed E-state index contributed by atoms with van der Waals surface area (Å²) in [6, 6.07) is 10.9. The minimum atomic E-state index is -0.740. The van der Waals surface area contributed by atoms with E-state index in [1.54, 1.807) is 37.4 Å². The third kappa shape index (κ3) is 2.97. The average Bonchev–Trinajstić information content (AvgIpc) is 2.48. The van der Waals surface area contributed by atoms with Crippen LogP contribution in [0.1, 0.15) is 29.1 Å². The van der Waals surface area contributed by atoms with Crippen molar-refractivity contribution in [2.75, 3.05) is 0 Å². The lowest BCUT2D eigenvalue weighted by Crippen LogP contribution is -2.12. The molecule has 0 aliphatic carbocycles. The van der Waals surface area contributed by atoms with Crippen molar-refractivity contribution < 1.29 is 14.5 Å². The van der Waals surface area contributed by atoms with E-state index in [0.29, 0.717) is 5.69 Å². The number of nitro benzene ring substituents is 1. The minimum Gasteiger partial charge on any atom is -0.452 e. The van der Waals surface area contributed by atoms with Crippen LogP contribution in [0.3, 0.4) is 0 Å². The third-order valence-corrected chi connectivity index (χ3v) is 2.71. The Morgan fingerprint density at radius 2 is 1.95 bits per heavy atom. The second kappa shape index (κ2) is 5.92. The first-order chi connectivity index (χ1) is 9.59. The molecule has 0 saturated heterocycles. The Bertz CT molecular complexity index is 628. The quantitative estimate of drug-likeness (QED) is 0.485. The molecule has 1 atom stereocenters. The molecule has 0 saturated carbocycles. The number of hydrogen-bond acceptors (Lipinski definition) is 5. The van der Waals surface area contributed by atoms with E-state index in [1.165, 1.54) is 18.2 Å². The van der Waals surface area contributed by atoms with Gasteiger partial charge in [-0.2, -0.15) is 0 Å². The molecule has 2 aromatic rings. The molecule has 0 spiro atoms. The first kappa shape index (κ1) is 13.7. The second-order valence-corrected chi connectivity index (χ2v) is 4.08. The van der Waals surface area contributed by atoms with Gasteiger partial charge in [-0.05, 0) is 25.1 Å². The van der Waals surface area contributed by atoms with Crippen LogP contribution in [-0.4, -0.2) is 15.9 Å². The molecule has 0 aliphatic heterocycles. The van der Waals surface area contributed by atoms with Crippen molar-refractivity contribution in [2.24, 2.45) is 0 Å². The number of ether oxygens (including phenoxy) is 1. The topological polar surface area (TPSA) is 82.3 Å². The van der Waals surface area contributed by atoms with E-state index < -0.39 is 17.0 Å². The summed E-state index contributed by atoms with van der Waals surface area (Å²) in [4.78, 5) is 26.3. The minimum absolute atomic E-state index is 0.0692. The Morgan fingerprint density at radius 3 is 2.60 bits per heavy atom. The standard InChI is InChI=1S/C14H12N2O4/c1-10(12-7-4-5-9-15-12)20-14(17)11-6-2-3-8-13(11)16(18)19/h2-10H,1H3. The number of pyridine rings is 1. The van der Waals surface area contributed by atoms with Gasteiger partial charge in [-0.1, -0.05) is 18.2 Å². The summed E-state index contributed by atoms with van der Waals surface area (Å²) < 4.78 is 5.21. The Kier molecular flexibility index (Phi) is 4.05. The number of carbonyl (C=O) groups is 1. The molecule has 0 bridgehead atoms. The number of benzene rings is 1. The van der Waals surface area contributed by atoms with E-state index in [4.69, 9.17) is 4.74 Å². The third-order valence-electron chi connectivity index (χ3n) is 2.71. The van der Waals surface area contributed by atoms with Crippen LogP contribution in [0.15, 0.2) is 48.7 Å². The van der Waals surface area contributed by atoms with E-state index in [2.05, 4.69) is 4.98 Å². The molecule has 1 aromatic heterocycles. The van der Waals surface area contributed by atoms with Gasteiger partial charge in [0, 0.05) is 12.3 Å². The summed E-state index contributed by atoms with van der Waals surface area (Å²) in [5, 5.41) is 10.9. The lowest BCUT2D eigenvalue weighted by atomic mass is 10.2. The van der Waals surface area contributed by atoms with Crippen LogP contribution >= 0.6 is 0 Å². The van der Waals surface area contributed by atoms with Gasteiger partial charge in [0.05, 0.1) is 10.6 Å². The van der Waals surface area contributed by atoms with E-state index in [-0.39, 0.29) is 11.3 Å². The number of para-hydroxylation sites is 1. The van der Waals surface area contributed by atoms with Gasteiger partial charge in [0.1, 0.15) is 11.7 Å². The fourth-order valence-corrected chi connectivity index (χ4v) is 1.71. The van der Waals surface area contributed by atoms with Crippen molar-refractivity contribution in [1.82, 2.24) is 4.98 Å². The highest BCUT2D eigenvalue weighted by atomic mass is 16.6. The largest absolute Gasteiger partial charge is 0.452 e. The van der Waals surface area contributed by atoms with Crippen LogP contribution < -0.4 is 0 Å². The number of aromatic nitrogens is 1. The lowest BCUT2D eigenvalue weighted by molar-refractivity contribution is -0.385. The lowest BCUT2D eigenvalue weighted by Gasteiger charge is -2.12. The summed E-state index contributed by atoms with van der Waals surface area (Å²) in [6.07, 6.45) is 1.01. The summed E-state index contributed by atoms with van der Waals surface area (Å²) in [6.45, 7) is 1.66. The van der Waals surface area contributed by atoms with Crippen molar-refractivity contribution in [1.29, 1.82) is 0 Å². The molecule has 6 nitrogen and oxygen atoms in total. The summed E-state index contributed by atoms with van der Waals surface area (Å²) in [7, 11) is 0. The number of hydrogen-bond donors (Lipinski definition) is 0. The molecule has 0 radical (unpaired) electrons. The fourth-order valence-electron chi connectivity index (χ4n) is 1.71. The maximum atomic E-state index is 12.0. The Morgan fingerprint density at radius 1 is 1.25 bits per heavy atom. The highest BCUT2D eigenvalue weighted by Crippen LogP contribution is 2.22. The molecule has 1 unspecified atom stereocenters. The van der Waals surface area contributed by atoms with Crippen molar-refractivity contribution in [3.63, 3.8) is 0 Å². The van der Waals surface area contributed by atoms with Gasteiger partial charge in [0.2, 0.25) is 0 Å². The zero-order chi connectivity index (χ0) is 14.5. The maximum absolute atomic E-state index is 12.0. The van der Waals surface area contributed by atoms with Crippen molar-refractivity contribution >= 4 is 11.7 Å². The molecule has 20 heavy (non-hydrogen) atoms. The predicted octanol–water partition coefficient (Wildman–Crippen LogP) is 2.91. The molecule has 1 heterocycles. The van der Waals surface area contributed by atoms with E-state index >= 15 is 0 Å². The van der Waals surface area contributed by atoms with Crippen LogP contribution in [0.2, 0.25) is 0 Å². The van der Waals surface area contributed by atoms with Crippen LogP contribution in [0.5, 0.6) is 0 Å². The Balaban J connectivity index is 2.19. The van der Waals surface area contributed by atoms with Gasteiger partial charge < -0.3 is 4.74 Å². The Hall–Kier alpha value is -2.76. The van der Waals surface area contributed by atoms with Gasteiger partial charge in [-0.25, -0.2) is 4.79 Å². The van der Waals surface area contributed by atoms with Crippen molar-refractivity contribution in [2.45, 2.75) is 13.0 Å². The van der Waals surface area contributed by atoms with E-state index in [1.807, 2.05) is 0 Å². The van der Waals surface area contributed by atoms with Gasteiger partial charge in [0.25, 0.3) is 5.69 Å². The van der Waals surface area contributed by atoms with Crippen LogP contribution in [0.4, 0.5) is 5.69 Å². The zero-order valence-electron chi connectivity index (χ0n) is 10.7. The molecular formula is C14H12N2O4.